The number of carbonyl (C=O) groups excluding carboxylic acids is 2. The number of halogens is 2. The van der Waals surface area contributed by atoms with Crippen molar-refractivity contribution in [1.29, 1.82) is 0 Å². The summed E-state index contributed by atoms with van der Waals surface area (Å²) in [6, 6.07) is 4.66. The topological polar surface area (TPSA) is 75.4 Å². The van der Waals surface area contributed by atoms with Crippen molar-refractivity contribution in [3.63, 3.8) is 0 Å². The molecule has 1 aromatic carbocycles. The fourth-order valence-electron chi connectivity index (χ4n) is 1.68. The third-order valence-corrected chi connectivity index (χ3v) is 4.10. The Kier molecular flexibility index (Phi) is 8.59. The van der Waals surface area contributed by atoms with Crippen LogP contribution in [0.1, 0.15) is 38.1 Å². The number of nitrogens with two attached hydrogens (primary N) is 1. The van der Waals surface area contributed by atoms with Crippen molar-refractivity contribution in [2.45, 2.75) is 39.8 Å². The molecule has 0 heterocycles. The van der Waals surface area contributed by atoms with Gasteiger partial charge in [0.15, 0.2) is 0 Å². The number of rotatable bonds is 5. The first kappa shape index (κ1) is 21.7. The molecule has 0 fully saturated rings. The Labute approximate surface area is 149 Å². The minimum atomic E-state index is -0.353. The molecule has 7 heteroatoms. The largest absolute Gasteiger partial charge is 0.339 e. The van der Waals surface area contributed by atoms with Gasteiger partial charge in [-0.25, -0.2) is 0 Å². The lowest BCUT2D eigenvalue weighted by atomic mass is 10.0. The predicted octanol–water partition coefficient (Wildman–Crippen LogP) is 3.16. The van der Waals surface area contributed by atoms with Crippen molar-refractivity contribution < 1.29 is 9.59 Å². The van der Waals surface area contributed by atoms with Crippen LogP contribution in [0, 0.1) is 5.92 Å². The molecule has 0 aliphatic carbocycles. The third kappa shape index (κ3) is 5.68. The molecule has 0 radical (unpaired) electrons. The Morgan fingerprint density at radius 1 is 1.22 bits per heavy atom. The number of hydrogen-bond acceptors (Lipinski definition) is 3. The summed E-state index contributed by atoms with van der Waals surface area (Å²) in [6.45, 7) is 7.38. The van der Waals surface area contributed by atoms with Gasteiger partial charge in [0.05, 0.1) is 16.6 Å². The molecule has 0 spiro atoms. The number of amides is 2. The predicted molar refractivity (Wildman–Crippen MR) is 97.4 cm³/mol. The molecule has 3 N–H and O–H groups in total. The summed E-state index contributed by atoms with van der Waals surface area (Å²) in [5.41, 5.74) is 6.62. The monoisotopic (exact) mass is 361 g/mol. The van der Waals surface area contributed by atoms with E-state index in [9.17, 15) is 9.59 Å². The Hall–Kier alpha value is -1.30. The Morgan fingerprint density at radius 3 is 2.26 bits per heavy atom. The molecule has 0 saturated heterocycles. The van der Waals surface area contributed by atoms with Gasteiger partial charge in [0, 0.05) is 24.7 Å². The van der Waals surface area contributed by atoms with Crippen molar-refractivity contribution in [2.75, 3.05) is 12.4 Å². The van der Waals surface area contributed by atoms with Crippen molar-refractivity contribution in [3.05, 3.63) is 28.8 Å². The number of hydrogen-bond donors (Lipinski definition) is 2. The molecule has 1 rings (SSSR count). The molecule has 0 saturated carbocycles. The fourth-order valence-corrected chi connectivity index (χ4v) is 1.84. The van der Waals surface area contributed by atoms with E-state index in [-0.39, 0.29) is 42.2 Å². The summed E-state index contributed by atoms with van der Waals surface area (Å²) in [5.74, 6) is -0.699. The van der Waals surface area contributed by atoms with Crippen LogP contribution in [0.25, 0.3) is 0 Å². The summed E-state index contributed by atoms with van der Waals surface area (Å²) < 4.78 is 0. The molecule has 23 heavy (non-hydrogen) atoms. The van der Waals surface area contributed by atoms with E-state index in [0.717, 1.165) is 0 Å². The Morgan fingerprint density at radius 2 is 1.78 bits per heavy atom. The number of nitrogens with zero attached hydrogens (tertiary/aromatic N) is 1. The molecule has 0 aliphatic heterocycles. The molecule has 0 aromatic heterocycles. The highest BCUT2D eigenvalue weighted by atomic mass is 35.5. The van der Waals surface area contributed by atoms with Gasteiger partial charge in [-0.3, -0.25) is 9.59 Å². The van der Waals surface area contributed by atoms with E-state index < -0.39 is 0 Å². The molecule has 0 aliphatic rings. The summed E-state index contributed by atoms with van der Waals surface area (Å²) in [7, 11) is 1.73. The summed E-state index contributed by atoms with van der Waals surface area (Å²) in [4.78, 5) is 26.0. The van der Waals surface area contributed by atoms with Gasteiger partial charge in [-0.05, 0) is 39.0 Å². The fraction of sp³-hybridized carbons (Fsp3) is 0.500. The molecule has 130 valence electrons. The van der Waals surface area contributed by atoms with Gasteiger partial charge in [-0.1, -0.05) is 18.5 Å². The Bertz CT molecular complexity index is 562. The maximum Gasteiger partial charge on any atom is 0.253 e. The highest BCUT2D eigenvalue weighted by molar-refractivity contribution is 6.33. The Balaban J connectivity index is 0.00000484. The summed E-state index contributed by atoms with van der Waals surface area (Å²) in [5, 5.41) is 3.12. The van der Waals surface area contributed by atoms with Gasteiger partial charge in [0.25, 0.3) is 5.91 Å². The average Bonchev–Trinajstić information content (AvgIpc) is 2.46. The minimum absolute atomic E-state index is 0. The zero-order valence-corrected chi connectivity index (χ0v) is 15.7. The standard InChI is InChI=1S/C16H24ClN3O2.ClH/c1-9(2)20(5)16(22)12-6-7-13(17)14(8-12)19-15(21)10(3)11(4)18;/h6-11H,18H2,1-5H3,(H,19,21);1H. The number of benzene rings is 1. The first-order valence-corrected chi connectivity index (χ1v) is 7.66. The molecule has 5 nitrogen and oxygen atoms in total. The SMILES string of the molecule is CC(N)C(C)C(=O)Nc1cc(C(=O)N(C)C(C)C)ccc1Cl.Cl. The van der Waals surface area contributed by atoms with Gasteiger partial charge in [-0.15, -0.1) is 12.4 Å². The van der Waals surface area contributed by atoms with E-state index in [0.29, 0.717) is 16.3 Å². The molecule has 1 aromatic rings. The van der Waals surface area contributed by atoms with E-state index in [1.165, 1.54) is 0 Å². The lowest BCUT2D eigenvalue weighted by molar-refractivity contribution is -0.119. The maximum absolute atomic E-state index is 12.3. The zero-order chi connectivity index (χ0) is 17.0. The lowest BCUT2D eigenvalue weighted by Gasteiger charge is -2.22. The van der Waals surface area contributed by atoms with E-state index in [2.05, 4.69) is 5.32 Å². The number of carbonyl (C=O) groups is 2. The lowest BCUT2D eigenvalue weighted by Crippen LogP contribution is -2.34. The number of anilines is 1. The molecule has 0 bridgehead atoms. The zero-order valence-electron chi connectivity index (χ0n) is 14.1. The van der Waals surface area contributed by atoms with Crippen LogP contribution in [0.15, 0.2) is 18.2 Å². The van der Waals surface area contributed by atoms with Gasteiger partial charge >= 0.3 is 0 Å². The van der Waals surface area contributed by atoms with Crippen molar-refractivity contribution >= 4 is 41.5 Å². The number of nitrogens with one attached hydrogen (secondary N) is 1. The van der Waals surface area contributed by atoms with Crippen LogP contribution in [0.2, 0.25) is 5.02 Å². The van der Waals surface area contributed by atoms with Gasteiger partial charge in [-0.2, -0.15) is 0 Å². The quantitative estimate of drug-likeness (QED) is 0.845. The van der Waals surface area contributed by atoms with Crippen LogP contribution < -0.4 is 11.1 Å². The van der Waals surface area contributed by atoms with Crippen LogP contribution in [0.5, 0.6) is 0 Å². The second kappa shape index (κ2) is 9.11. The van der Waals surface area contributed by atoms with Crippen molar-refractivity contribution in [1.82, 2.24) is 4.90 Å². The molecular formula is C16H25Cl2N3O2. The van der Waals surface area contributed by atoms with E-state index >= 15 is 0 Å². The maximum atomic E-state index is 12.3. The highest BCUT2D eigenvalue weighted by Crippen LogP contribution is 2.24. The molecule has 2 atom stereocenters. The third-order valence-electron chi connectivity index (χ3n) is 3.77. The van der Waals surface area contributed by atoms with Crippen LogP contribution in [-0.2, 0) is 4.79 Å². The smallest absolute Gasteiger partial charge is 0.253 e. The molecule has 2 unspecified atom stereocenters. The minimum Gasteiger partial charge on any atom is -0.339 e. The second-order valence-corrected chi connectivity index (χ2v) is 6.25. The van der Waals surface area contributed by atoms with Crippen LogP contribution in [-0.4, -0.2) is 35.8 Å². The van der Waals surface area contributed by atoms with Gasteiger partial charge in [0.2, 0.25) is 5.91 Å². The molecular weight excluding hydrogens is 337 g/mol. The average molecular weight is 362 g/mol. The second-order valence-electron chi connectivity index (χ2n) is 5.84. The summed E-state index contributed by atoms with van der Waals surface area (Å²) >= 11 is 6.10. The first-order chi connectivity index (χ1) is 10.1. The molecule has 2 amide bonds. The first-order valence-electron chi connectivity index (χ1n) is 7.28. The van der Waals surface area contributed by atoms with E-state index in [4.69, 9.17) is 17.3 Å². The van der Waals surface area contributed by atoms with Crippen molar-refractivity contribution in [3.8, 4) is 0 Å². The highest BCUT2D eigenvalue weighted by Gasteiger charge is 2.20. The summed E-state index contributed by atoms with van der Waals surface area (Å²) in [6.07, 6.45) is 0. The van der Waals surface area contributed by atoms with E-state index in [1.54, 1.807) is 44.0 Å². The normalized spacial score (nSPS) is 13.0. The van der Waals surface area contributed by atoms with Crippen LogP contribution >= 0.6 is 24.0 Å². The van der Waals surface area contributed by atoms with Crippen LogP contribution in [0.4, 0.5) is 5.69 Å². The van der Waals surface area contributed by atoms with Gasteiger partial charge < -0.3 is 16.0 Å². The van der Waals surface area contributed by atoms with E-state index in [1.807, 2.05) is 13.8 Å². The van der Waals surface area contributed by atoms with Crippen LogP contribution in [0.3, 0.4) is 0 Å². The van der Waals surface area contributed by atoms with Crippen molar-refractivity contribution in [2.24, 2.45) is 11.7 Å². The van der Waals surface area contributed by atoms with Gasteiger partial charge in [0.1, 0.15) is 0 Å².